The molecule has 86 valence electrons. The normalized spacial score (nSPS) is 20.6. The van der Waals surface area contributed by atoms with Crippen molar-refractivity contribution < 1.29 is 4.57 Å². The van der Waals surface area contributed by atoms with Crippen LogP contribution in [0, 0.1) is 5.92 Å². The first-order chi connectivity index (χ1) is 7.62. The third kappa shape index (κ3) is 2.15. The van der Waals surface area contributed by atoms with Gasteiger partial charge in [0.05, 0.1) is 0 Å². The number of rotatable bonds is 3. The minimum absolute atomic E-state index is 0.482. The molecule has 1 fully saturated rings. The van der Waals surface area contributed by atoms with E-state index in [4.69, 9.17) is 0 Å². The molecular formula is C14H19OP. The molecule has 0 saturated heterocycles. The van der Waals surface area contributed by atoms with Gasteiger partial charge in [0.15, 0.2) is 0 Å². The van der Waals surface area contributed by atoms with E-state index in [0.29, 0.717) is 5.92 Å². The number of allylic oxidation sites excluding steroid dienone is 1. The van der Waals surface area contributed by atoms with E-state index >= 15 is 0 Å². The van der Waals surface area contributed by atoms with E-state index in [1.807, 2.05) is 37.0 Å². The highest BCUT2D eigenvalue weighted by molar-refractivity contribution is 7.74. The standard InChI is InChI=1S/C14H19OP/c1-12(13-8-6-7-9-13)16(2,15)14-10-4-3-5-11-14/h3-5,10-11,13H,1,6-9H2,2H3/t16-/m0/s1. The number of hydrogen-bond acceptors (Lipinski definition) is 1. The maximum atomic E-state index is 12.8. The van der Waals surface area contributed by atoms with E-state index in [9.17, 15) is 4.57 Å². The molecule has 1 aliphatic rings. The molecule has 0 heterocycles. The molecule has 1 aromatic rings. The molecule has 1 atom stereocenters. The smallest absolute Gasteiger partial charge is 0.136 e. The number of hydrogen-bond donors (Lipinski definition) is 0. The van der Waals surface area contributed by atoms with Crippen molar-refractivity contribution in [1.29, 1.82) is 0 Å². The quantitative estimate of drug-likeness (QED) is 0.722. The molecule has 2 rings (SSSR count). The Morgan fingerprint density at radius 2 is 1.81 bits per heavy atom. The molecule has 0 aliphatic heterocycles. The summed E-state index contributed by atoms with van der Waals surface area (Å²) in [6.07, 6.45) is 4.87. The van der Waals surface area contributed by atoms with Gasteiger partial charge in [-0.05, 0) is 30.7 Å². The minimum Gasteiger partial charge on any atom is -0.314 e. The lowest BCUT2D eigenvalue weighted by atomic mass is 10.1. The Hall–Kier alpha value is -0.810. The first-order valence-electron chi connectivity index (χ1n) is 5.95. The van der Waals surface area contributed by atoms with E-state index in [0.717, 1.165) is 10.6 Å². The Balaban J connectivity index is 2.25. The summed E-state index contributed by atoms with van der Waals surface area (Å²) in [5, 5.41) is 1.93. The van der Waals surface area contributed by atoms with Crippen LogP contribution in [0.4, 0.5) is 0 Å². The van der Waals surface area contributed by atoms with Gasteiger partial charge in [0, 0.05) is 5.30 Å². The SMILES string of the molecule is C=C(C1CCCC1)[P@](C)(=O)c1ccccc1. The molecule has 0 bridgehead atoms. The molecule has 0 unspecified atom stereocenters. The molecule has 0 radical (unpaired) electrons. The van der Waals surface area contributed by atoms with Crippen molar-refractivity contribution in [3.8, 4) is 0 Å². The van der Waals surface area contributed by atoms with Gasteiger partial charge in [-0.3, -0.25) is 0 Å². The molecule has 0 spiro atoms. The van der Waals surface area contributed by atoms with E-state index in [-0.39, 0.29) is 0 Å². The summed E-state index contributed by atoms with van der Waals surface area (Å²) in [7, 11) is -2.38. The van der Waals surface area contributed by atoms with Crippen molar-refractivity contribution in [2.24, 2.45) is 5.92 Å². The van der Waals surface area contributed by atoms with Crippen LogP contribution >= 0.6 is 7.14 Å². The average Bonchev–Trinajstić information content (AvgIpc) is 2.82. The minimum atomic E-state index is -2.38. The van der Waals surface area contributed by atoms with Gasteiger partial charge in [-0.25, -0.2) is 0 Å². The van der Waals surface area contributed by atoms with E-state index < -0.39 is 7.14 Å². The summed E-state index contributed by atoms with van der Waals surface area (Å²) >= 11 is 0. The van der Waals surface area contributed by atoms with E-state index in [1.54, 1.807) is 0 Å². The van der Waals surface area contributed by atoms with Crippen LogP contribution in [0.2, 0.25) is 0 Å². The third-order valence-electron chi connectivity index (χ3n) is 3.62. The zero-order chi connectivity index (χ0) is 11.6. The molecule has 1 aliphatic carbocycles. The lowest BCUT2D eigenvalue weighted by Crippen LogP contribution is -2.09. The maximum absolute atomic E-state index is 12.8. The predicted octanol–water partition coefficient (Wildman–Crippen LogP) is 4.01. The Kier molecular flexibility index (Phi) is 3.35. The van der Waals surface area contributed by atoms with Crippen molar-refractivity contribution in [3.05, 3.63) is 42.2 Å². The second-order valence-electron chi connectivity index (χ2n) is 4.73. The summed E-state index contributed by atoms with van der Waals surface area (Å²) in [4.78, 5) is 0. The van der Waals surface area contributed by atoms with Gasteiger partial charge in [-0.2, -0.15) is 0 Å². The van der Waals surface area contributed by atoms with Crippen LogP contribution in [0.1, 0.15) is 25.7 Å². The van der Waals surface area contributed by atoms with Crippen LogP contribution in [0.5, 0.6) is 0 Å². The molecule has 0 amide bonds. The molecule has 0 N–H and O–H groups in total. The average molecular weight is 234 g/mol. The lowest BCUT2D eigenvalue weighted by Gasteiger charge is -2.21. The Morgan fingerprint density at radius 3 is 2.38 bits per heavy atom. The highest BCUT2D eigenvalue weighted by Crippen LogP contribution is 2.54. The number of benzene rings is 1. The van der Waals surface area contributed by atoms with Crippen LogP contribution in [0.3, 0.4) is 0 Å². The Labute approximate surface area is 97.9 Å². The van der Waals surface area contributed by atoms with E-state index in [1.165, 1.54) is 25.7 Å². The van der Waals surface area contributed by atoms with E-state index in [2.05, 4.69) is 6.58 Å². The fraction of sp³-hybridized carbons (Fsp3) is 0.429. The van der Waals surface area contributed by atoms with Gasteiger partial charge in [-0.15, -0.1) is 0 Å². The van der Waals surface area contributed by atoms with Gasteiger partial charge in [0.1, 0.15) is 7.14 Å². The van der Waals surface area contributed by atoms with Crippen LogP contribution in [0.25, 0.3) is 0 Å². The van der Waals surface area contributed by atoms with Crippen molar-refractivity contribution >= 4 is 12.4 Å². The van der Waals surface area contributed by atoms with Gasteiger partial charge in [0.2, 0.25) is 0 Å². The molecule has 16 heavy (non-hydrogen) atoms. The second-order valence-corrected chi connectivity index (χ2v) is 7.67. The van der Waals surface area contributed by atoms with Crippen LogP contribution < -0.4 is 5.30 Å². The molecule has 1 saturated carbocycles. The van der Waals surface area contributed by atoms with Crippen molar-refractivity contribution in [2.75, 3.05) is 6.66 Å². The second kappa shape index (κ2) is 4.59. The largest absolute Gasteiger partial charge is 0.314 e. The summed E-state index contributed by atoms with van der Waals surface area (Å²) in [6, 6.07) is 9.78. The monoisotopic (exact) mass is 234 g/mol. The first kappa shape index (κ1) is 11.7. The van der Waals surface area contributed by atoms with Crippen molar-refractivity contribution in [2.45, 2.75) is 25.7 Å². The maximum Gasteiger partial charge on any atom is 0.136 e. The summed E-state index contributed by atoms with van der Waals surface area (Å²) in [5.41, 5.74) is 0. The Morgan fingerprint density at radius 1 is 1.25 bits per heavy atom. The lowest BCUT2D eigenvalue weighted by molar-refractivity contribution is 0.578. The zero-order valence-corrected chi connectivity index (χ0v) is 10.7. The molecular weight excluding hydrogens is 215 g/mol. The molecule has 1 nitrogen and oxygen atoms in total. The van der Waals surface area contributed by atoms with Gasteiger partial charge in [-0.1, -0.05) is 49.8 Å². The summed E-state index contributed by atoms with van der Waals surface area (Å²) in [5.74, 6) is 0.482. The predicted molar refractivity (Wildman–Crippen MR) is 70.7 cm³/mol. The van der Waals surface area contributed by atoms with Crippen molar-refractivity contribution in [1.82, 2.24) is 0 Å². The molecule has 0 aromatic heterocycles. The van der Waals surface area contributed by atoms with Crippen LogP contribution in [-0.4, -0.2) is 6.66 Å². The highest BCUT2D eigenvalue weighted by atomic mass is 31.2. The zero-order valence-electron chi connectivity index (χ0n) is 9.86. The fourth-order valence-corrected chi connectivity index (χ4v) is 4.51. The van der Waals surface area contributed by atoms with Gasteiger partial charge < -0.3 is 4.57 Å². The topological polar surface area (TPSA) is 17.1 Å². The summed E-state index contributed by atoms with van der Waals surface area (Å²) in [6.45, 7) is 5.99. The molecule has 1 aromatic carbocycles. The van der Waals surface area contributed by atoms with Crippen LogP contribution in [-0.2, 0) is 4.57 Å². The van der Waals surface area contributed by atoms with Crippen molar-refractivity contribution in [3.63, 3.8) is 0 Å². The Bertz CT molecular complexity index is 416. The van der Waals surface area contributed by atoms with Crippen LogP contribution in [0.15, 0.2) is 42.2 Å². The highest BCUT2D eigenvalue weighted by Gasteiger charge is 2.29. The van der Waals surface area contributed by atoms with Gasteiger partial charge >= 0.3 is 0 Å². The first-order valence-corrected chi connectivity index (χ1v) is 8.10. The third-order valence-corrected chi connectivity index (χ3v) is 6.37. The van der Waals surface area contributed by atoms with Gasteiger partial charge in [0.25, 0.3) is 0 Å². The fourth-order valence-electron chi connectivity index (χ4n) is 2.49. The molecule has 2 heteroatoms. The summed E-state index contributed by atoms with van der Waals surface area (Å²) < 4.78 is 12.8.